The molecule has 0 aliphatic heterocycles. The van der Waals surface area contributed by atoms with Crippen LogP contribution in [-0.2, 0) is 10.4 Å². The maximum atomic E-state index is 11.7. The fourth-order valence-corrected chi connectivity index (χ4v) is 3.03. The number of aliphatic hydroxyl groups is 1. The molecule has 0 atom stereocenters. The molecule has 0 aliphatic rings. The van der Waals surface area contributed by atoms with Crippen LogP contribution in [0.15, 0.2) is 78.9 Å². The van der Waals surface area contributed by atoms with Crippen LogP contribution < -0.4 is 4.74 Å². The van der Waals surface area contributed by atoms with Gasteiger partial charge >= 0.3 is 5.97 Å². The van der Waals surface area contributed by atoms with Gasteiger partial charge in [-0.05, 0) is 78.9 Å². The summed E-state index contributed by atoms with van der Waals surface area (Å²) in [5.41, 5.74) is 3.72. The van der Waals surface area contributed by atoms with Crippen molar-refractivity contribution in [3.8, 4) is 33.8 Å². The molecule has 0 saturated carbocycles. The van der Waals surface area contributed by atoms with Crippen molar-refractivity contribution in [2.75, 3.05) is 0 Å². The van der Waals surface area contributed by atoms with Gasteiger partial charge in [0.1, 0.15) is 11.5 Å². The third-order valence-corrected chi connectivity index (χ3v) is 4.60. The molecule has 4 nitrogen and oxygen atoms in total. The lowest BCUT2D eigenvalue weighted by Crippen LogP contribution is -2.17. The smallest absolute Gasteiger partial charge is 0.338 e. The predicted octanol–water partition coefficient (Wildman–Crippen LogP) is 5.44. The van der Waals surface area contributed by atoms with E-state index in [4.69, 9.17) is 4.74 Å². The number of carbonyl (C=O) groups is 1. The van der Waals surface area contributed by atoms with E-state index in [0.29, 0.717) is 11.3 Å². The van der Waals surface area contributed by atoms with Crippen LogP contribution >= 0.6 is 0 Å². The minimum atomic E-state index is -1.06. The normalized spacial score (nSPS) is 11.2. The third-order valence-electron chi connectivity index (χ3n) is 4.60. The number of ether oxygens (including phenoxy) is 1. The Kier molecular flexibility index (Phi) is 5.57. The molecule has 0 radical (unpaired) electrons. The molecule has 0 unspecified atom stereocenters. The first-order chi connectivity index (χ1) is 13.6. The molecule has 3 aromatic carbocycles. The average molecular weight is 388 g/mol. The van der Waals surface area contributed by atoms with Crippen molar-refractivity contribution in [2.45, 2.75) is 26.4 Å². The number of phenolic OH excluding ortho intramolecular Hbond substituents is 1. The van der Waals surface area contributed by atoms with Crippen molar-refractivity contribution >= 4 is 5.97 Å². The van der Waals surface area contributed by atoms with Gasteiger partial charge < -0.3 is 14.9 Å². The number of benzene rings is 3. The van der Waals surface area contributed by atoms with Crippen LogP contribution in [0, 0.1) is 0 Å². The van der Waals surface area contributed by atoms with Crippen LogP contribution in [0.1, 0.15) is 26.3 Å². The van der Waals surface area contributed by atoms with Crippen molar-refractivity contribution in [2.24, 2.45) is 0 Å². The molecule has 0 aliphatic carbocycles. The van der Waals surface area contributed by atoms with Crippen LogP contribution in [0.2, 0.25) is 0 Å². The van der Waals surface area contributed by atoms with Gasteiger partial charge in [0.2, 0.25) is 0 Å². The molecule has 4 heteroatoms. The molecular weight excluding hydrogens is 364 g/mol. The number of phenols is 1. The van der Waals surface area contributed by atoms with E-state index in [0.717, 1.165) is 27.8 Å². The second-order valence-corrected chi connectivity index (χ2v) is 7.56. The highest BCUT2D eigenvalue weighted by Crippen LogP contribution is 2.36. The lowest BCUT2D eigenvalue weighted by molar-refractivity contribution is -0.130. The highest BCUT2D eigenvalue weighted by molar-refractivity contribution is 5.88. The van der Waals surface area contributed by atoms with Gasteiger partial charge in [0, 0.05) is 5.57 Å². The Balaban J connectivity index is 1.99. The summed E-state index contributed by atoms with van der Waals surface area (Å²) in [6.45, 7) is 8.67. The molecule has 0 amide bonds. The molecule has 3 rings (SSSR count). The monoisotopic (exact) mass is 388 g/mol. The summed E-state index contributed by atoms with van der Waals surface area (Å²) >= 11 is 0. The van der Waals surface area contributed by atoms with Crippen molar-refractivity contribution in [1.29, 1.82) is 0 Å². The standard InChI is InChI=1S/C25H24O4/c1-16(2)24(27)29-21-12-7-18(8-13-21)22-14-9-19(15-23(22)25(3,4)28)17-5-10-20(26)11-6-17/h5-15,26,28H,1H2,2-4H3. The van der Waals surface area contributed by atoms with Gasteiger partial charge in [0.05, 0.1) is 5.60 Å². The van der Waals surface area contributed by atoms with Gasteiger partial charge in [0.25, 0.3) is 0 Å². The first kappa shape index (κ1) is 20.4. The number of aromatic hydroxyl groups is 1. The Morgan fingerprint density at radius 1 is 0.897 bits per heavy atom. The summed E-state index contributed by atoms with van der Waals surface area (Å²) in [6, 6.07) is 20.0. The molecule has 0 fully saturated rings. The Hall–Kier alpha value is -3.37. The molecule has 0 aromatic heterocycles. The summed E-state index contributed by atoms with van der Waals surface area (Å²) in [7, 11) is 0. The second-order valence-electron chi connectivity index (χ2n) is 7.56. The van der Waals surface area contributed by atoms with Gasteiger partial charge in [-0.15, -0.1) is 0 Å². The lowest BCUT2D eigenvalue weighted by Gasteiger charge is -2.23. The van der Waals surface area contributed by atoms with E-state index in [2.05, 4.69) is 6.58 Å². The quantitative estimate of drug-likeness (QED) is 0.347. The summed E-state index contributed by atoms with van der Waals surface area (Å²) in [5, 5.41) is 20.3. The summed E-state index contributed by atoms with van der Waals surface area (Å²) in [4.78, 5) is 11.7. The number of rotatable bonds is 5. The minimum absolute atomic E-state index is 0.209. The van der Waals surface area contributed by atoms with Gasteiger partial charge in [-0.3, -0.25) is 0 Å². The third kappa shape index (κ3) is 4.73. The largest absolute Gasteiger partial charge is 0.508 e. The topological polar surface area (TPSA) is 66.8 Å². The highest BCUT2D eigenvalue weighted by Gasteiger charge is 2.22. The van der Waals surface area contributed by atoms with Gasteiger partial charge in [-0.25, -0.2) is 4.79 Å². The van der Waals surface area contributed by atoms with Gasteiger partial charge in [0.15, 0.2) is 0 Å². The zero-order chi connectivity index (χ0) is 21.2. The van der Waals surface area contributed by atoms with Crippen LogP contribution in [0.4, 0.5) is 0 Å². The van der Waals surface area contributed by atoms with Crippen LogP contribution in [-0.4, -0.2) is 16.2 Å². The number of hydrogen-bond acceptors (Lipinski definition) is 4. The molecular formula is C25H24O4. The number of carbonyl (C=O) groups excluding carboxylic acids is 1. The number of esters is 1. The Labute approximate surface area is 170 Å². The van der Waals surface area contributed by atoms with E-state index in [1.807, 2.05) is 42.5 Å². The van der Waals surface area contributed by atoms with E-state index in [-0.39, 0.29) is 5.75 Å². The fraction of sp³-hybridized carbons (Fsp3) is 0.160. The molecule has 148 valence electrons. The van der Waals surface area contributed by atoms with E-state index in [9.17, 15) is 15.0 Å². The summed E-state index contributed by atoms with van der Waals surface area (Å²) in [5.74, 6) is 0.181. The van der Waals surface area contributed by atoms with Crippen LogP contribution in [0.5, 0.6) is 11.5 Å². The van der Waals surface area contributed by atoms with Gasteiger partial charge in [-0.1, -0.05) is 43.0 Å². The Morgan fingerprint density at radius 3 is 2.00 bits per heavy atom. The zero-order valence-electron chi connectivity index (χ0n) is 16.8. The fourth-order valence-electron chi connectivity index (χ4n) is 3.03. The molecule has 3 aromatic rings. The van der Waals surface area contributed by atoms with E-state index >= 15 is 0 Å². The van der Waals surface area contributed by atoms with Gasteiger partial charge in [-0.2, -0.15) is 0 Å². The molecule has 2 N–H and O–H groups in total. The van der Waals surface area contributed by atoms with E-state index < -0.39 is 11.6 Å². The lowest BCUT2D eigenvalue weighted by atomic mass is 9.87. The van der Waals surface area contributed by atoms with Crippen molar-refractivity contribution < 1.29 is 19.7 Å². The maximum Gasteiger partial charge on any atom is 0.338 e. The SMILES string of the molecule is C=C(C)C(=O)Oc1ccc(-c2ccc(-c3ccc(O)cc3)cc2C(C)(C)O)cc1. The number of hydrogen-bond donors (Lipinski definition) is 2. The first-order valence-corrected chi connectivity index (χ1v) is 9.29. The van der Waals surface area contributed by atoms with Crippen molar-refractivity contribution in [3.63, 3.8) is 0 Å². The maximum absolute atomic E-state index is 11.7. The molecule has 0 saturated heterocycles. The highest BCUT2D eigenvalue weighted by atomic mass is 16.5. The Morgan fingerprint density at radius 2 is 1.45 bits per heavy atom. The second kappa shape index (κ2) is 7.94. The van der Waals surface area contributed by atoms with Crippen molar-refractivity contribution in [1.82, 2.24) is 0 Å². The average Bonchev–Trinajstić information content (AvgIpc) is 2.68. The molecule has 29 heavy (non-hydrogen) atoms. The van der Waals surface area contributed by atoms with E-state index in [1.165, 1.54) is 0 Å². The van der Waals surface area contributed by atoms with Crippen molar-refractivity contribution in [3.05, 3.63) is 84.4 Å². The summed E-state index contributed by atoms with van der Waals surface area (Å²) in [6.07, 6.45) is 0. The molecule has 0 spiro atoms. The zero-order valence-corrected chi connectivity index (χ0v) is 16.8. The minimum Gasteiger partial charge on any atom is -0.508 e. The van der Waals surface area contributed by atoms with Crippen LogP contribution in [0.25, 0.3) is 22.3 Å². The predicted molar refractivity (Wildman–Crippen MR) is 115 cm³/mol. The van der Waals surface area contributed by atoms with E-state index in [1.54, 1.807) is 45.0 Å². The molecule has 0 heterocycles. The Bertz CT molecular complexity index is 1040. The van der Waals surface area contributed by atoms with Crippen LogP contribution in [0.3, 0.4) is 0 Å². The first-order valence-electron chi connectivity index (χ1n) is 9.29. The summed E-state index contributed by atoms with van der Waals surface area (Å²) < 4.78 is 5.24. The molecule has 0 bridgehead atoms.